The quantitative estimate of drug-likeness (QED) is 0.782. The Kier molecular flexibility index (Phi) is 4.96. The molecule has 1 heterocycles. The maximum absolute atomic E-state index is 12.7. The maximum Gasteiger partial charge on any atom is 0.268 e. The van der Waals surface area contributed by atoms with Crippen molar-refractivity contribution in [2.24, 2.45) is 0 Å². The number of carbonyl (C=O) groups excluding carboxylic acids is 1. The molecule has 0 aliphatic heterocycles. The van der Waals surface area contributed by atoms with E-state index in [1.54, 1.807) is 11.3 Å². The Labute approximate surface area is 125 Å². The van der Waals surface area contributed by atoms with Crippen LogP contribution in [0.4, 0.5) is 5.69 Å². The average molecular weight is 287 g/mol. The largest absolute Gasteiger partial charge is 0.308 e. The predicted octanol–water partition coefficient (Wildman–Crippen LogP) is 4.68. The van der Waals surface area contributed by atoms with E-state index in [2.05, 4.69) is 19.9 Å². The van der Waals surface area contributed by atoms with Crippen molar-refractivity contribution in [3.63, 3.8) is 0 Å². The number of anilines is 1. The van der Waals surface area contributed by atoms with Crippen LogP contribution >= 0.6 is 11.3 Å². The highest BCUT2D eigenvalue weighted by atomic mass is 32.1. The van der Waals surface area contributed by atoms with Crippen LogP contribution in [-0.4, -0.2) is 12.5 Å². The van der Waals surface area contributed by atoms with E-state index in [0.717, 1.165) is 23.4 Å². The molecule has 106 valence electrons. The van der Waals surface area contributed by atoms with Crippen LogP contribution in [0.1, 0.15) is 40.4 Å². The van der Waals surface area contributed by atoms with Gasteiger partial charge in [0, 0.05) is 17.1 Å². The Morgan fingerprint density at radius 1 is 1.20 bits per heavy atom. The molecular formula is C17H21NOS. The Morgan fingerprint density at radius 3 is 2.50 bits per heavy atom. The number of hydrogen-bond donors (Lipinski definition) is 0. The first-order valence-corrected chi connectivity index (χ1v) is 7.95. The van der Waals surface area contributed by atoms with Crippen LogP contribution in [0.5, 0.6) is 0 Å². The lowest BCUT2D eigenvalue weighted by Crippen LogP contribution is -2.29. The van der Waals surface area contributed by atoms with Gasteiger partial charge in [0.05, 0.1) is 4.88 Å². The summed E-state index contributed by atoms with van der Waals surface area (Å²) in [6, 6.07) is 11.9. The fourth-order valence-corrected chi connectivity index (χ4v) is 3.35. The number of nitrogens with zero attached hydrogens (tertiary/aromatic N) is 1. The zero-order valence-electron chi connectivity index (χ0n) is 12.3. The summed E-state index contributed by atoms with van der Waals surface area (Å²) < 4.78 is 0. The molecule has 0 radical (unpaired) electrons. The lowest BCUT2D eigenvalue weighted by molar-refractivity contribution is 0.0992. The van der Waals surface area contributed by atoms with Crippen molar-refractivity contribution in [2.75, 3.05) is 11.4 Å². The van der Waals surface area contributed by atoms with Crippen LogP contribution in [0.25, 0.3) is 0 Å². The minimum absolute atomic E-state index is 0.106. The Morgan fingerprint density at radius 2 is 1.90 bits per heavy atom. The third kappa shape index (κ3) is 3.10. The summed E-state index contributed by atoms with van der Waals surface area (Å²) in [6.07, 6.45) is 2.16. The zero-order valence-corrected chi connectivity index (χ0v) is 13.2. The van der Waals surface area contributed by atoms with Gasteiger partial charge in [-0.3, -0.25) is 4.79 Å². The van der Waals surface area contributed by atoms with Crippen LogP contribution in [0.2, 0.25) is 0 Å². The van der Waals surface area contributed by atoms with Gasteiger partial charge in [0.15, 0.2) is 0 Å². The summed E-state index contributed by atoms with van der Waals surface area (Å²) in [5.74, 6) is 0.106. The highest BCUT2D eigenvalue weighted by Crippen LogP contribution is 2.26. The molecule has 0 saturated carbocycles. The fraction of sp³-hybridized carbons (Fsp3) is 0.353. The van der Waals surface area contributed by atoms with Crippen LogP contribution in [0.15, 0.2) is 36.4 Å². The third-order valence-electron chi connectivity index (χ3n) is 3.38. The van der Waals surface area contributed by atoms with Crippen LogP contribution < -0.4 is 4.90 Å². The molecule has 0 spiro atoms. The van der Waals surface area contributed by atoms with Crippen molar-refractivity contribution in [3.05, 3.63) is 51.7 Å². The smallest absolute Gasteiger partial charge is 0.268 e. The molecule has 0 aliphatic carbocycles. The molecule has 2 nitrogen and oxygen atoms in total. The summed E-state index contributed by atoms with van der Waals surface area (Å²) in [4.78, 5) is 16.6. The van der Waals surface area contributed by atoms with Gasteiger partial charge in [-0.05, 0) is 44.0 Å². The molecule has 0 atom stereocenters. The van der Waals surface area contributed by atoms with E-state index < -0.39 is 0 Å². The molecule has 0 fully saturated rings. The van der Waals surface area contributed by atoms with Gasteiger partial charge in [0.2, 0.25) is 0 Å². The number of benzene rings is 1. The molecule has 20 heavy (non-hydrogen) atoms. The zero-order chi connectivity index (χ0) is 14.5. The summed E-state index contributed by atoms with van der Waals surface area (Å²) in [6.45, 7) is 6.97. The van der Waals surface area contributed by atoms with Gasteiger partial charge >= 0.3 is 0 Å². The topological polar surface area (TPSA) is 20.3 Å². The number of carbonyl (C=O) groups is 1. The van der Waals surface area contributed by atoms with Crippen molar-refractivity contribution in [1.82, 2.24) is 0 Å². The van der Waals surface area contributed by atoms with Gasteiger partial charge in [-0.15, -0.1) is 11.3 Å². The van der Waals surface area contributed by atoms with E-state index in [1.807, 2.05) is 42.2 Å². The van der Waals surface area contributed by atoms with Crippen molar-refractivity contribution in [3.8, 4) is 0 Å². The first kappa shape index (κ1) is 14.8. The molecule has 0 saturated heterocycles. The number of amides is 1. The molecule has 2 rings (SSSR count). The Bertz CT molecular complexity index is 574. The van der Waals surface area contributed by atoms with Gasteiger partial charge in [-0.2, -0.15) is 0 Å². The van der Waals surface area contributed by atoms with E-state index in [4.69, 9.17) is 0 Å². The summed E-state index contributed by atoms with van der Waals surface area (Å²) in [5.41, 5.74) is 2.27. The summed E-state index contributed by atoms with van der Waals surface area (Å²) >= 11 is 1.61. The SMILES string of the molecule is CCCc1cc(C(=O)N(CC)c2ccccc2)sc1C. The normalized spacial score (nSPS) is 10.6. The first-order valence-electron chi connectivity index (χ1n) is 7.13. The molecule has 0 aliphatic rings. The second-order valence-electron chi connectivity index (χ2n) is 4.83. The van der Waals surface area contributed by atoms with E-state index in [9.17, 15) is 4.79 Å². The molecule has 3 heteroatoms. The standard InChI is InChI=1S/C17H21NOS/c1-4-9-14-12-16(20-13(14)3)17(19)18(5-2)15-10-7-6-8-11-15/h6-8,10-12H,4-5,9H2,1-3H3. The monoisotopic (exact) mass is 287 g/mol. The molecular weight excluding hydrogens is 266 g/mol. The molecule has 0 bridgehead atoms. The maximum atomic E-state index is 12.7. The summed E-state index contributed by atoms with van der Waals surface area (Å²) in [5, 5.41) is 0. The minimum atomic E-state index is 0.106. The molecule has 0 N–H and O–H groups in total. The van der Waals surface area contributed by atoms with E-state index in [0.29, 0.717) is 6.54 Å². The number of aryl methyl sites for hydroxylation is 2. The Balaban J connectivity index is 2.27. The van der Waals surface area contributed by atoms with Crippen molar-refractivity contribution in [2.45, 2.75) is 33.6 Å². The highest BCUT2D eigenvalue weighted by molar-refractivity contribution is 7.14. The highest BCUT2D eigenvalue weighted by Gasteiger charge is 2.19. The molecule has 0 unspecified atom stereocenters. The first-order chi connectivity index (χ1) is 9.67. The van der Waals surface area contributed by atoms with Crippen LogP contribution in [0.3, 0.4) is 0 Å². The number of para-hydroxylation sites is 1. The fourth-order valence-electron chi connectivity index (χ4n) is 2.33. The van der Waals surface area contributed by atoms with Gasteiger partial charge < -0.3 is 4.90 Å². The van der Waals surface area contributed by atoms with Crippen molar-refractivity contribution in [1.29, 1.82) is 0 Å². The van der Waals surface area contributed by atoms with Gasteiger partial charge in [0.1, 0.15) is 0 Å². The molecule has 1 aromatic carbocycles. The van der Waals surface area contributed by atoms with Crippen LogP contribution in [-0.2, 0) is 6.42 Å². The number of thiophene rings is 1. The number of rotatable bonds is 5. The Hall–Kier alpha value is -1.61. The van der Waals surface area contributed by atoms with E-state index in [-0.39, 0.29) is 5.91 Å². The van der Waals surface area contributed by atoms with Crippen molar-refractivity contribution >= 4 is 22.9 Å². The second kappa shape index (κ2) is 6.71. The third-order valence-corrected chi connectivity index (χ3v) is 4.46. The second-order valence-corrected chi connectivity index (χ2v) is 6.08. The average Bonchev–Trinajstić information content (AvgIpc) is 2.83. The molecule has 1 amide bonds. The molecule has 1 aromatic heterocycles. The lowest BCUT2D eigenvalue weighted by Gasteiger charge is -2.20. The van der Waals surface area contributed by atoms with E-state index in [1.165, 1.54) is 10.4 Å². The minimum Gasteiger partial charge on any atom is -0.308 e. The summed E-state index contributed by atoms with van der Waals surface area (Å²) in [7, 11) is 0. The van der Waals surface area contributed by atoms with Crippen molar-refractivity contribution < 1.29 is 4.79 Å². The molecule has 2 aromatic rings. The predicted molar refractivity (Wildman–Crippen MR) is 86.8 cm³/mol. The lowest BCUT2D eigenvalue weighted by atomic mass is 10.1. The van der Waals surface area contributed by atoms with Gasteiger partial charge in [-0.25, -0.2) is 0 Å². The van der Waals surface area contributed by atoms with Gasteiger partial charge in [-0.1, -0.05) is 31.5 Å². The van der Waals surface area contributed by atoms with Crippen LogP contribution in [0, 0.1) is 6.92 Å². The van der Waals surface area contributed by atoms with Gasteiger partial charge in [0.25, 0.3) is 5.91 Å². The van der Waals surface area contributed by atoms with E-state index >= 15 is 0 Å². The number of hydrogen-bond acceptors (Lipinski definition) is 2.